The number of benzene rings is 2. The molecule has 0 unspecified atom stereocenters. The van der Waals surface area contributed by atoms with E-state index in [9.17, 15) is 18.0 Å². The number of aromatic nitrogens is 2. The molecule has 0 spiro atoms. The van der Waals surface area contributed by atoms with Gasteiger partial charge in [-0.2, -0.15) is 4.72 Å². The third-order valence-corrected chi connectivity index (χ3v) is 6.09. The number of halogens is 1. The van der Waals surface area contributed by atoms with Gasteiger partial charge in [0.15, 0.2) is 0 Å². The Hall–Kier alpha value is -3.21. The summed E-state index contributed by atoms with van der Waals surface area (Å²) in [6.45, 7) is 1.97. The SMILES string of the molecule is CCOC(=O)c1ccc(NC(=O)[C@H](Cn2ccnc2)NS(=O)(=O)c2ccc(Cl)cc2)cc1. The number of nitrogens with one attached hydrogen (secondary N) is 2. The van der Waals surface area contributed by atoms with Gasteiger partial charge in [0, 0.05) is 29.6 Å². The smallest absolute Gasteiger partial charge is 0.338 e. The minimum atomic E-state index is -4.01. The zero-order valence-electron chi connectivity index (χ0n) is 17.1. The number of esters is 1. The predicted molar refractivity (Wildman–Crippen MR) is 119 cm³/mol. The molecule has 0 saturated carbocycles. The number of anilines is 1. The molecule has 9 nitrogen and oxygen atoms in total. The van der Waals surface area contributed by atoms with E-state index in [0.29, 0.717) is 16.3 Å². The monoisotopic (exact) mass is 476 g/mol. The van der Waals surface area contributed by atoms with Crippen LogP contribution in [0.3, 0.4) is 0 Å². The highest BCUT2D eigenvalue weighted by molar-refractivity contribution is 7.89. The number of hydrogen-bond acceptors (Lipinski definition) is 6. The Morgan fingerprint density at radius 1 is 1.12 bits per heavy atom. The molecule has 2 N–H and O–H groups in total. The summed E-state index contributed by atoms with van der Waals surface area (Å²) in [6, 6.07) is 10.5. The van der Waals surface area contributed by atoms with E-state index >= 15 is 0 Å². The molecule has 0 bridgehead atoms. The van der Waals surface area contributed by atoms with Crippen LogP contribution in [0.4, 0.5) is 5.69 Å². The van der Waals surface area contributed by atoms with E-state index in [4.69, 9.17) is 16.3 Å². The molecule has 0 fully saturated rings. The van der Waals surface area contributed by atoms with Gasteiger partial charge in [0.25, 0.3) is 0 Å². The Balaban J connectivity index is 1.78. The van der Waals surface area contributed by atoms with Crippen molar-refractivity contribution in [1.29, 1.82) is 0 Å². The zero-order chi connectivity index (χ0) is 23.1. The first-order valence-electron chi connectivity index (χ1n) is 9.60. The standard InChI is InChI=1S/C21H21ClN4O5S/c1-2-31-21(28)15-3-7-17(8-4-15)24-20(27)19(13-26-12-11-23-14-26)25-32(29,30)18-9-5-16(22)6-10-18/h3-12,14,19,25H,2,13H2,1H3,(H,24,27)/t19-/m0/s1. The van der Waals surface area contributed by atoms with Crippen LogP contribution in [0.2, 0.25) is 5.02 Å². The number of imidazole rings is 1. The van der Waals surface area contributed by atoms with Crippen molar-refractivity contribution in [3.63, 3.8) is 0 Å². The summed E-state index contributed by atoms with van der Waals surface area (Å²) in [4.78, 5) is 28.6. The van der Waals surface area contributed by atoms with Crippen molar-refractivity contribution in [3.05, 3.63) is 77.8 Å². The lowest BCUT2D eigenvalue weighted by Crippen LogP contribution is -2.46. The summed E-state index contributed by atoms with van der Waals surface area (Å²) in [6.07, 6.45) is 4.62. The zero-order valence-corrected chi connectivity index (χ0v) is 18.6. The van der Waals surface area contributed by atoms with E-state index in [-0.39, 0.29) is 18.0 Å². The summed E-state index contributed by atoms with van der Waals surface area (Å²) in [5.74, 6) is -1.06. The molecule has 0 saturated heterocycles. The summed E-state index contributed by atoms with van der Waals surface area (Å²) in [5, 5.41) is 3.05. The molecule has 1 aromatic heterocycles. The van der Waals surface area contributed by atoms with Gasteiger partial charge in [-0.05, 0) is 55.5 Å². The van der Waals surface area contributed by atoms with Gasteiger partial charge < -0.3 is 14.6 Å². The molecule has 32 heavy (non-hydrogen) atoms. The number of sulfonamides is 1. The van der Waals surface area contributed by atoms with Crippen LogP contribution < -0.4 is 10.0 Å². The van der Waals surface area contributed by atoms with Gasteiger partial charge in [-0.25, -0.2) is 18.2 Å². The first-order valence-corrected chi connectivity index (χ1v) is 11.5. The Morgan fingerprint density at radius 2 is 1.81 bits per heavy atom. The molecule has 0 radical (unpaired) electrons. The molecule has 1 atom stereocenters. The number of rotatable bonds is 9. The lowest BCUT2D eigenvalue weighted by molar-refractivity contribution is -0.118. The van der Waals surface area contributed by atoms with Gasteiger partial charge in [0.1, 0.15) is 6.04 Å². The molecular weight excluding hydrogens is 456 g/mol. The molecule has 0 aliphatic heterocycles. The highest BCUT2D eigenvalue weighted by atomic mass is 35.5. The van der Waals surface area contributed by atoms with Gasteiger partial charge in [-0.15, -0.1) is 0 Å². The molecule has 3 rings (SSSR count). The molecule has 0 aliphatic rings. The van der Waals surface area contributed by atoms with Crippen molar-refractivity contribution in [2.24, 2.45) is 0 Å². The van der Waals surface area contributed by atoms with Gasteiger partial charge >= 0.3 is 5.97 Å². The van der Waals surface area contributed by atoms with Crippen LogP contribution in [0.1, 0.15) is 17.3 Å². The van der Waals surface area contributed by atoms with E-state index in [0.717, 1.165) is 0 Å². The normalized spacial score (nSPS) is 12.2. The number of nitrogens with zero attached hydrogens (tertiary/aromatic N) is 2. The average molecular weight is 477 g/mol. The first-order chi connectivity index (χ1) is 15.3. The highest BCUT2D eigenvalue weighted by Gasteiger charge is 2.26. The predicted octanol–water partition coefficient (Wildman–Crippen LogP) is 2.70. The number of ether oxygens (including phenoxy) is 1. The summed E-state index contributed by atoms with van der Waals surface area (Å²) >= 11 is 5.83. The van der Waals surface area contributed by atoms with Crippen LogP contribution in [0, 0.1) is 0 Å². The van der Waals surface area contributed by atoms with Gasteiger partial charge in [-0.3, -0.25) is 4.79 Å². The van der Waals surface area contributed by atoms with Gasteiger partial charge in [0.05, 0.1) is 23.4 Å². The van der Waals surface area contributed by atoms with Gasteiger partial charge in [-0.1, -0.05) is 11.6 Å². The van der Waals surface area contributed by atoms with Gasteiger partial charge in [0.2, 0.25) is 15.9 Å². The summed E-state index contributed by atoms with van der Waals surface area (Å²) < 4.78 is 34.6. The molecule has 1 amide bonds. The van der Waals surface area contributed by atoms with E-state index in [2.05, 4.69) is 15.0 Å². The van der Waals surface area contributed by atoms with Crippen molar-refractivity contribution < 1.29 is 22.7 Å². The van der Waals surface area contributed by atoms with Crippen molar-refractivity contribution in [1.82, 2.24) is 14.3 Å². The van der Waals surface area contributed by atoms with Crippen LogP contribution in [0.25, 0.3) is 0 Å². The minimum Gasteiger partial charge on any atom is -0.462 e. The number of carbonyl (C=O) groups is 2. The van der Waals surface area contributed by atoms with Crippen LogP contribution in [-0.2, 0) is 26.1 Å². The molecule has 3 aromatic rings. The number of carbonyl (C=O) groups excluding carboxylic acids is 2. The molecule has 11 heteroatoms. The molecule has 168 valence electrons. The fourth-order valence-corrected chi connectivity index (χ4v) is 4.09. The Morgan fingerprint density at radius 3 is 2.41 bits per heavy atom. The van der Waals surface area contributed by atoms with Crippen LogP contribution in [0.5, 0.6) is 0 Å². The maximum absolute atomic E-state index is 12.9. The third kappa shape index (κ3) is 6.16. The van der Waals surface area contributed by atoms with Crippen LogP contribution >= 0.6 is 11.6 Å². The van der Waals surface area contributed by atoms with Crippen molar-refractivity contribution in [2.75, 3.05) is 11.9 Å². The fraction of sp³-hybridized carbons (Fsp3) is 0.190. The van der Waals surface area contributed by atoms with Crippen LogP contribution in [0.15, 0.2) is 72.1 Å². The molecular formula is C21H21ClN4O5S. The summed E-state index contributed by atoms with van der Waals surface area (Å²) in [7, 11) is -4.01. The van der Waals surface area contributed by atoms with Crippen molar-refractivity contribution in [2.45, 2.75) is 24.4 Å². The second kappa shape index (κ2) is 10.4. The third-order valence-electron chi connectivity index (χ3n) is 4.35. The van der Waals surface area contributed by atoms with E-state index in [1.165, 1.54) is 61.1 Å². The van der Waals surface area contributed by atoms with E-state index < -0.39 is 27.9 Å². The average Bonchev–Trinajstić information content (AvgIpc) is 3.27. The lowest BCUT2D eigenvalue weighted by atomic mass is 10.2. The van der Waals surface area contributed by atoms with Crippen molar-refractivity contribution >= 4 is 39.2 Å². The van der Waals surface area contributed by atoms with E-state index in [1.807, 2.05) is 0 Å². The van der Waals surface area contributed by atoms with Crippen molar-refractivity contribution in [3.8, 4) is 0 Å². The second-order valence-corrected chi connectivity index (χ2v) is 8.82. The Kier molecular flexibility index (Phi) is 7.62. The summed E-state index contributed by atoms with van der Waals surface area (Å²) in [5.41, 5.74) is 0.729. The largest absolute Gasteiger partial charge is 0.462 e. The topological polar surface area (TPSA) is 119 Å². The highest BCUT2D eigenvalue weighted by Crippen LogP contribution is 2.16. The molecule has 0 aliphatic carbocycles. The lowest BCUT2D eigenvalue weighted by Gasteiger charge is -2.19. The number of amides is 1. The first kappa shape index (κ1) is 23.5. The second-order valence-electron chi connectivity index (χ2n) is 6.67. The number of hydrogen-bond donors (Lipinski definition) is 2. The minimum absolute atomic E-state index is 0.0135. The maximum Gasteiger partial charge on any atom is 0.338 e. The fourth-order valence-electron chi connectivity index (χ4n) is 2.78. The van der Waals surface area contributed by atoms with Crippen LogP contribution in [-0.4, -0.2) is 42.5 Å². The molecule has 2 aromatic carbocycles. The quantitative estimate of drug-likeness (QED) is 0.458. The Bertz CT molecular complexity index is 1160. The Labute approximate surface area is 190 Å². The molecule has 1 heterocycles. The van der Waals surface area contributed by atoms with E-state index in [1.54, 1.807) is 17.7 Å². The maximum atomic E-state index is 12.9.